The molecule has 5 nitrogen and oxygen atoms in total. The first-order valence-corrected chi connectivity index (χ1v) is 6.42. The molecule has 1 rings (SSSR count). The molecular weight excluding hydrogens is 265 g/mol. The van der Waals surface area contributed by atoms with Crippen LogP contribution in [0.3, 0.4) is 0 Å². The van der Waals surface area contributed by atoms with Crippen LogP contribution in [0.4, 0.5) is 4.39 Å². The molecule has 0 amide bonds. The van der Waals surface area contributed by atoms with Crippen LogP contribution < -0.4 is 10.6 Å². The van der Waals surface area contributed by atoms with Gasteiger partial charge in [0.25, 0.3) is 10.0 Å². The van der Waals surface area contributed by atoms with Crippen molar-refractivity contribution in [3.05, 3.63) is 29.6 Å². The molecule has 17 heavy (non-hydrogen) atoms. The second-order valence-electron chi connectivity index (χ2n) is 3.50. The van der Waals surface area contributed by atoms with E-state index in [4.69, 9.17) is 5.73 Å². The first kappa shape index (κ1) is 14.0. The second kappa shape index (κ2) is 5.05. The van der Waals surface area contributed by atoms with Crippen LogP contribution in [0.25, 0.3) is 0 Å². The van der Waals surface area contributed by atoms with Gasteiger partial charge in [-0.05, 0) is 18.2 Å². The predicted octanol–water partition coefficient (Wildman–Crippen LogP) is 0.215. The molecular formula is C9H12FN3O2S2. The number of thiocarbonyl (C=S) groups is 1. The fourth-order valence-electron chi connectivity index (χ4n) is 1.15. The van der Waals surface area contributed by atoms with Gasteiger partial charge in [-0.3, -0.25) is 0 Å². The quantitative estimate of drug-likeness (QED) is 0.608. The molecule has 1 aromatic carbocycles. The number of sulfonamides is 1. The number of nitrogens with two attached hydrogens (primary N) is 1. The zero-order valence-corrected chi connectivity index (χ0v) is 10.9. The standard InChI is InChI=1S/C9H12FN3O2S2/c1-13(2)12-17(14,15)6-3-4-8(10)7(5-6)9(11)16/h3-5,12H,1-2H3,(H2,11,16). The molecule has 8 heteroatoms. The minimum absolute atomic E-state index is 0.0957. The van der Waals surface area contributed by atoms with E-state index in [2.05, 4.69) is 17.0 Å². The van der Waals surface area contributed by atoms with Gasteiger partial charge >= 0.3 is 0 Å². The summed E-state index contributed by atoms with van der Waals surface area (Å²) in [5.41, 5.74) is 5.20. The van der Waals surface area contributed by atoms with Crippen molar-refractivity contribution in [2.45, 2.75) is 4.90 Å². The summed E-state index contributed by atoms with van der Waals surface area (Å²) in [4.78, 5) is 1.93. The van der Waals surface area contributed by atoms with Crippen molar-refractivity contribution in [1.29, 1.82) is 0 Å². The molecule has 1 aromatic rings. The number of hydrazine groups is 1. The van der Waals surface area contributed by atoms with Crippen LogP contribution in [0.5, 0.6) is 0 Å². The van der Waals surface area contributed by atoms with Gasteiger partial charge in [-0.15, -0.1) is 4.83 Å². The van der Waals surface area contributed by atoms with Crippen molar-refractivity contribution in [3.63, 3.8) is 0 Å². The molecule has 0 atom stereocenters. The second-order valence-corrected chi connectivity index (χ2v) is 5.60. The van der Waals surface area contributed by atoms with Crippen LogP contribution in [-0.2, 0) is 10.0 Å². The molecule has 0 saturated carbocycles. The Morgan fingerprint density at radius 1 is 1.47 bits per heavy atom. The Kier molecular flexibility index (Phi) is 4.15. The molecule has 0 radical (unpaired) electrons. The fraction of sp³-hybridized carbons (Fsp3) is 0.222. The van der Waals surface area contributed by atoms with Crippen molar-refractivity contribution in [2.75, 3.05) is 14.1 Å². The van der Waals surface area contributed by atoms with Crippen molar-refractivity contribution >= 4 is 27.2 Å². The number of hydrogen-bond acceptors (Lipinski definition) is 4. The Morgan fingerprint density at radius 3 is 2.53 bits per heavy atom. The number of rotatable bonds is 4. The lowest BCUT2D eigenvalue weighted by Crippen LogP contribution is -2.36. The Labute approximate surface area is 104 Å². The van der Waals surface area contributed by atoms with Crippen molar-refractivity contribution in [3.8, 4) is 0 Å². The highest BCUT2D eigenvalue weighted by molar-refractivity contribution is 7.89. The largest absolute Gasteiger partial charge is 0.389 e. The zero-order valence-electron chi connectivity index (χ0n) is 9.27. The Bertz CT molecular complexity index is 543. The zero-order chi connectivity index (χ0) is 13.2. The lowest BCUT2D eigenvalue weighted by atomic mass is 10.2. The third-order valence-corrected chi connectivity index (χ3v) is 3.52. The molecule has 0 aliphatic carbocycles. The van der Waals surface area contributed by atoms with E-state index in [9.17, 15) is 12.8 Å². The van der Waals surface area contributed by atoms with E-state index < -0.39 is 15.8 Å². The molecule has 0 bridgehead atoms. The van der Waals surface area contributed by atoms with Crippen LogP contribution in [-0.4, -0.2) is 32.5 Å². The lowest BCUT2D eigenvalue weighted by Gasteiger charge is -2.13. The Morgan fingerprint density at radius 2 is 2.06 bits per heavy atom. The third-order valence-electron chi connectivity index (χ3n) is 1.82. The van der Waals surface area contributed by atoms with E-state index >= 15 is 0 Å². The summed E-state index contributed by atoms with van der Waals surface area (Å²) < 4.78 is 36.8. The highest BCUT2D eigenvalue weighted by atomic mass is 32.2. The smallest absolute Gasteiger partial charge is 0.253 e. The van der Waals surface area contributed by atoms with Gasteiger partial charge in [0.05, 0.1) is 4.90 Å². The Hall–Kier alpha value is -1.09. The molecule has 0 saturated heterocycles. The minimum Gasteiger partial charge on any atom is -0.389 e. The molecule has 0 fully saturated rings. The number of benzene rings is 1. The molecule has 0 aliphatic heterocycles. The van der Waals surface area contributed by atoms with Crippen LogP contribution in [0.1, 0.15) is 5.56 Å². The van der Waals surface area contributed by atoms with Crippen molar-refractivity contribution in [1.82, 2.24) is 9.84 Å². The van der Waals surface area contributed by atoms with Gasteiger partial charge in [0.1, 0.15) is 10.8 Å². The summed E-state index contributed by atoms with van der Waals surface area (Å²) >= 11 is 4.63. The van der Waals surface area contributed by atoms with Crippen LogP contribution >= 0.6 is 12.2 Å². The highest BCUT2D eigenvalue weighted by Crippen LogP contribution is 2.15. The van der Waals surface area contributed by atoms with Crippen molar-refractivity contribution < 1.29 is 12.8 Å². The van der Waals surface area contributed by atoms with E-state index in [0.717, 1.165) is 18.2 Å². The monoisotopic (exact) mass is 277 g/mol. The van der Waals surface area contributed by atoms with Gasteiger partial charge in [0.15, 0.2) is 0 Å². The lowest BCUT2D eigenvalue weighted by molar-refractivity contribution is 0.364. The van der Waals surface area contributed by atoms with E-state index in [1.54, 1.807) is 0 Å². The molecule has 0 heterocycles. The van der Waals surface area contributed by atoms with E-state index in [-0.39, 0.29) is 15.4 Å². The first-order chi connectivity index (χ1) is 7.74. The average molecular weight is 277 g/mol. The third kappa shape index (κ3) is 3.43. The van der Waals surface area contributed by atoms with Crippen molar-refractivity contribution in [2.24, 2.45) is 5.73 Å². The van der Waals surface area contributed by atoms with Gasteiger partial charge < -0.3 is 5.73 Å². The number of nitrogens with zero attached hydrogens (tertiary/aromatic N) is 1. The SMILES string of the molecule is CN(C)NS(=O)(=O)c1ccc(F)c(C(N)=S)c1. The maximum absolute atomic E-state index is 13.3. The maximum Gasteiger partial charge on any atom is 0.253 e. The van der Waals surface area contributed by atoms with Crippen LogP contribution in [0.2, 0.25) is 0 Å². The highest BCUT2D eigenvalue weighted by Gasteiger charge is 2.17. The molecule has 0 spiro atoms. The maximum atomic E-state index is 13.3. The molecule has 0 aliphatic rings. The number of hydrogen-bond donors (Lipinski definition) is 2. The summed E-state index contributed by atoms with van der Waals surface area (Å²) in [6, 6.07) is 3.26. The van der Waals surface area contributed by atoms with Crippen LogP contribution in [0.15, 0.2) is 23.1 Å². The summed E-state index contributed by atoms with van der Waals surface area (Å²) in [5, 5.41) is 1.26. The fourth-order valence-corrected chi connectivity index (χ4v) is 2.42. The van der Waals surface area contributed by atoms with Gasteiger partial charge in [-0.1, -0.05) is 12.2 Å². The van der Waals surface area contributed by atoms with E-state index in [1.807, 2.05) is 0 Å². The summed E-state index contributed by atoms with van der Waals surface area (Å²) in [7, 11) is -0.692. The molecule has 3 N–H and O–H groups in total. The summed E-state index contributed by atoms with van der Waals surface area (Å²) in [6.07, 6.45) is 0. The van der Waals surface area contributed by atoms with Crippen LogP contribution in [0, 0.1) is 5.82 Å². The van der Waals surface area contributed by atoms with Gasteiger partial charge in [-0.2, -0.15) is 0 Å². The van der Waals surface area contributed by atoms with E-state index in [1.165, 1.54) is 19.1 Å². The average Bonchev–Trinajstić information content (AvgIpc) is 2.15. The summed E-state index contributed by atoms with van der Waals surface area (Å²) in [5.74, 6) is -0.652. The first-order valence-electron chi connectivity index (χ1n) is 4.53. The predicted molar refractivity (Wildman–Crippen MR) is 66.3 cm³/mol. The number of halogens is 1. The molecule has 0 unspecified atom stereocenters. The van der Waals surface area contributed by atoms with E-state index in [0.29, 0.717) is 0 Å². The van der Waals surface area contributed by atoms with Gasteiger partial charge in [0.2, 0.25) is 0 Å². The molecule has 94 valence electrons. The van der Waals surface area contributed by atoms with Gasteiger partial charge in [-0.25, -0.2) is 17.8 Å². The van der Waals surface area contributed by atoms with Gasteiger partial charge in [0, 0.05) is 19.7 Å². The summed E-state index contributed by atoms with van der Waals surface area (Å²) in [6.45, 7) is 0. The molecule has 0 aromatic heterocycles. The number of nitrogens with one attached hydrogen (secondary N) is 1. The topological polar surface area (TPSA) is 75.4 Å². The normalized spacial score (nSPS) is 11.8. The minimum atomic E-state index is -3.74. The Balaban J connectivity index is 3.25.